The smallest absolute Gasteiger partial charge is 0.0703 e. The second-order valence-corrected chi connectivity index (χ2v) is 6.40. The SMILES string of the molecule is CCNC1CC2CCC(C1)N2c1ccc2ncccc2c1. The lowest BCUT2D eigenvalue weighted by molar-refractivity contribution is 0.361. The zero-order valence-electron chi connectivity index (χ0n) is 12.6. The number of benzene rings is 1. The molecule has 0 spiro atoms. The van der Waals surface area contributed by atoms with Gasteiger partial charge in [0.15, 0.2) is 0 Å². The molecule has 0 saturated carbocycles. The van der Waals surface area contributed by atoms with Crippen molar-refractivity contribution in [2.24, 2.45) is 0 Å². The fraction of sp³-hybridized carbons (Fsp3) is 0.500. The molecule has 2 aromatic rings. The lowest BCUT2D eigenvalue weighted by Gasteiger charge is -2.41. The first-order valence-electron chi connectivity index (χ1n) is 8.21. The average Bonchev–Trinajstić information content (AvgIpc) is 2.78. The Balaban J connectivity index is 1.63. The molecule has 2 aliphatic heterocycles. The van der Waals surface area contributed by atoms with E-state index in [9.17, 15) is 0 Å². The Hall–Kier alpha value is -1.61. The third-order valence-electron chi connectivity index (χ3n) is 5.11. The standard InChI is InChI=1S/C18H23N3/c1-2-19-14-11-16-5-6-17(12-14)21(16)15-7-8-18-13(10-15)4-3-9-20-18/h3-4,7-10,14,16-17,19H,2,5-6,11-12H2,1H3. The number of nitrogens with zero attached hydrogens (tertiary/aromatic N) is 2. The third-order valence-corrected chi connectivity index (χ3v) is 5.11. The van der Waals surface area contributed by atoms with Crippen molar-refractivity contribution in [3.8, 4) is 0 Å². The van der Waals surface area contributed by atoms with E-state index >= 15 is 0 Å². The van der Waals surface area contributed by atoms with Gasteiger partial charge >= 0.3 is 0 Å². The van der Waals surface area contributed by atoms with Crippen molar-refractivity contribution in [3.63, 3.8) is 0 Å². The Morgan fingerprint density at radius 1 is 1.19 bits per heavy atom. The Morgan fingerprint density at radius 3 is 2.76 bits per heavy atom. The van der Waals surface area contributed by atoms with Gasteiger partial charge in [-0.2, -0.15) is 0 Å². The van der Waals surface area contributed by atoms with Crippen LogP contribution in [0.25, 0.3) is 10.9 Å². The molecule has 21 heavy (non-hydrogen) atoms. The zero-order valence-corrected chi connectivity index (χ0v) is 12.6. The van der Waals surface area contributed by atoms with E-state index in [2.05, 4.69) is 46.4 Å². The highest BCUT2D eigenvalue weighted by Crippen LogP contribution is 2.39. The topological polar surface area (TPSA) is 28.2 Å². The van der Waals surface area contributed by atoms with Crippen LogP contribution in [0.4, 0.5) is 5.69 Å². The van der Waals surface area contributed by atoms with Crippen LogP contribution in [0.2, 0.25) is 0 Å². The van der Waals surface area contributed by atoms with Crippen LogP contribution in [-0.2, 0) is 0 Å². The molecule has 3 heterocycles. The van der Waals surface area contributed by atoms with Gasteiger partial charge in [-0.05, 0) is 56.5 Å². The van der Waals surface area contributed by atoms with E-state index < -0.39 is 0 Å². The minimum absolute atomic E-state index is 0.710. The van der Waals surface area contributed by atoms with Gasteiger partial charge in [0.05, 0.1) is 5.52 Å². The van der Waals surface area contributed by atoms with Crippen LogP contribution in [0.1, 0.15) is 32.6 Å². The number of nitrogens with one attached hydrogen (secondary N) is 1. The van der Waals surface area contributed by atoms with Crippen molar-refractivity contribution in [1.29, 1.82) is 0 Å². The van der Waals surface area contributed by atoms with Gasteiger partial charge in [0.1, 0.15) is 0 Å². The van der Waals surface area contributed by atoms with Crippen molar-refractivity contribution < 1.29 is 0 Å². The first-order valence-corrected chi connectivity index (χ1v) is 8.21. The van der Waals surface area contributed by atoms with Gasteiger partial charge in [-0.25, -0.2) is 0 Å². The Morgan fingerprint density at radius 2 is 2.00 bits per heavy atom. The van der Waals surface area contributed by atoms with Crippen LogP contribution < -0.4 is 10.2 Å². The predicted octanol–water partition coefficient (Wildman–Crippen LogP) is 3.34. The summed E-state index contributed by atoms with van der Waals surface area (Å²) in [6.07, 6.45) is 7.13. The van der Waals surface area contributed by atoms with Crippen LogP contribution in [-0.4, -0.2) is 29.7 Å². The summed E-state index contributed by atoms with van der Waals surface area (Å²) in [5.74, 6) is 0. The number of hydrogen-bond donors (Lipinski definition) is 1. The number of pyridine rings is 1. The number of anilines is 1. The molecular weight excluding hydrogens is 258 g/mol. The molecule has 2 bridgehead atoms. The quantitative estimate of drug-likeness (QED) is 0.935. The van der Waals surface area contributed by atoms with Crippen LogP contribution in [0.5, 0.6) is 0 Å². The Kier molecular flexibility index (Phi) is 3.30. The van der Waals surface area contributed by atoms with E-state index in [1.165, 1.54) is 36.8 Å². The van der Waals surface area contributed by atoms with E-state index in [0.717, 1.165) is 12.1 Å². The Bertz CT molecular complexity index is 625. The van der Waals surface area contributed by atoms with Crippen LogP contribution >= 0.6 is 0 Å². The van der Waals surface area contributed by atoms with E-state index in [-0.39, 0.29) is 0 Å². The molecule has 2 aliphatic rings. The summed E-state index contributed by atoms with van der Waals surface area (Å²) < 4.78 is 0. The van der Waals surface area contributed by atoms with Gasteiger partial charge < -0.3 is 10.2 Å². The molecule has 2 unspecified atom stereocenters. The van der Waals surface area contributed by atoms with Crippen molar-refractivity contribution >= 4 is 16.6 Å². The maximum atomic E-state index is 4.43. The van der Waals surface area contributed by atoms with Crippen molar-refractivity contribution in [1.82, 2.24) is 10.3 Å². The highest BCUT2D eigenvalue weighted by atomic mass is 15.2. The van der Waals surface area contributed by atoms with E-state index in [0.29, 0.717) is 18.1 Å². The number of hydrogen-bond acceptors (Lipinski definition) is 3. The molecule has 0 aliphatic carbocycles. The number of piperidine rings is 1. The highest BCUT2D eigenvalue weighted by Gasteiger charge is 2.40. The molecule has 1 N–H and O–H groups in total. The summed E-state index contributed by atoms with van der Waals surface area (Å²) in [7, 11) is 0. The fourth-order valence-corrected chi connectivity index (χ4v) is 4.28. The van der Waals surface area contributed by atoms with Gasteiger partial charge in [0, 0.05) is 35.4 Å². The maximum Gasteiger partial charge on any atom is 0.0703 e. The van der Waals surface area contributed by atoms with Crippen molar-refractivity contribution in [3.05, 3.63) is 36.5 Å². The molecule has 2 saturated heterocycles. The van der Waals surface area contributed by atoms with E-state index in [1.54, 1.807) is 0 Å². The van der Waals surface area contributed by atoms with Gasteiger partial charge in [-0.15, -0.1) is 0 Å². The first kappa shape index (κ1) is 13.1. The van der Waals surface area contributed by atoms with Crippen LogP contribution in [0.3, 0.4) is 0 Å². The lowest BCUT2D eigenvalue weighted by Crippen LogP contribution is -2.49. The average molecular weight is 281 g/mol. The Labute approximate surface area is 126 Å². The predicted molar refractivity (Wildman–Crippen MR) is 87.7 cm³/mol. The lowest BCUT2D eigenvalue weighted by atomic mass is 9.96. The van der Waals surface area contributed by atoms with Gasteiger partial charge in [-0.3, -0.25) is 4.98 Å². The molecule has 2 fully saturated rings. The largest absolute Gasteiger partial charge is 0.365 e. The number of aromatic nitrogens is 1. The monoisotopic (exact) mass is 281 g/mol. The molecule has 4 rings (SSSR count). The highest BCUT2D eigenvalue weighted by molar-refractivity contribution is 5.82. The normalized spacial score (nSPS) is 28.2. The maximum absolute atomic E-state index is 4.43. The zero-order chi connectivity index (χ0) is 14.2. The summed E-state index contributed by atoms with van der Waals surface area (Å²) >= 11 is 0. The molecule has 1 aromatic carbocycles. The molecule has 110 valence electrons. The van der Waals surface area contributed by atoms with Gasteiger partial charge in [0.25, 0.3) is 0 Å². The molecule has 3 heteroatoms. The van der Waals surface area contributed by atoms with Crippen LogP contribution in [0, 0.1) is 0 Å². The third kappa shape index (κ3) is 2.30. The second-order valence-electron chi connectivity index (χ2n) is 6.40. The van der Waals surface area contributed by atoms with Gasteiger partial charge in [-0.1, -0.05) is 13.0 Å². The number of fused-ring (bicyclic) bond motifs is 3. The minimum atomic E-state index is 0.710. The fourth-order valence-electron chi connectivity index (χ4n) is 4.28. The molecular formula is C18H23N3. The molecule has 0 radical (unpaired) electrons. The summed E-state index contributed by atoms with van der Waals surface area (Å²) in [4.78, 5) is 7.11. The number of rotatable bonds is 3. The molecule has 3 nitrogen and oxygen atoms in total. The first-order chi connectivity index (χ1) is 10.3. The summed E-state index contributed by atoms with van der Waals surface area (Å²) in [5.41, 5.74) is 2.48. The van der Waals surface area contributed by atoms with Crippen LogP contribution in [0.15, 0.2) is 36.5 Å². The van der Waals surface area contributed by atoms with E-state index in [1.807, 2.05) is 12.3 Å². The molecule has 1 aromatic heterocycles. The summed E-state index contributed by atoms with van der Waals surface area (Å²) in [6.45, 7) is 3.30. The second kappa shape index (κ2) is 5.30. The van der Waals surface area contributed by atoms with Gasteiger partial charge in [0.2, 0.25) is 0 Å². The minimum Gasteiger partial charge on any atom is -0.365 e. The van der Waals surface area contributed by atoms with E-state index in [4.69, 9.17) is 0 Å². The molecule has 2 atom stereocenters. The van der Waals surface area contributed by atoms with Crippen molar-refractivity contribution in [2.45, 2.75) is 50.7 Å². The summed E-state index contributed by atoms with van der Waals surface area (Å²) in [5, 5.41) is 4.90. The molecule has 0 amide bonds. The van der Waals surface area contributed by atoms with Crippen molar-refractivity contribution in [2.75, 3.05) is 11.4 Å². The summed E-state index contributed by atoms with van der Waals surface area (Å²) in [6, 6.07) is 13.1.